The van der Waals surface area contributed by atoms with E-state index < -0.39 is 0 Å². The minimum Gasteiger partial charge on any atom is -0.354 e. The van der Waals surface area contributed by atoms with Crippen LogP contribution in [0.1, 0.15) is 44.2 Å². The summed E-state index contributed by atoms with van der Waals surface area (Å²) >= 11 is 0. The highest BCUT2D eigenvalue weighted by Gasteiger charge is 2.49. The Labute approximate surface area is 138 Å². The molecule has 2 aliphatic heterocycles. The van der Waals surface area contributed by atoms with Crippen LogP contribution >= 0.6 is 0 Å². The number of likely N-dealkylation sites (tertiary alicyclic amines) is 1. The molecule has 2 saturated heterocycles. The van der Waals surface area contributed by atoms with Gasteiger partial charge in [0.25, 0.3) is 0 Å². The third kappa shape index (κ3) is 2.60. The molecule has 4 rings (SSSR count). The van der Waals surface area contributed by atoms with Gasteiger partial charge >= 0.3 is 0 Å². The summed E-state index contributed by atoms with van der Waals surface area (Å²) in [6.45, 7) is 5.68. The zero-order valence-corrected chi connectivity index (χ0v) is 14.0. The molecule has 1 amide bonds. The van der Waals surface area contributed by atoms with E-state index in [1.165, 1.54) is 19.3 Å². The first kappa shape index (κ1) is 14.9. The van der Waals surface area contributed by atoms with E-state index in [-0.39, 0.29) is 5.41 Å². The summed E-state index contributed by atoms with van der Waals surface area (Å²) in [4.78, 5) is 26.4. The van der Waals surface area contributed by atoms with E-state index in [4.69, 9.17) is 0 Å². The summed E-state index contributed by atoms with van der Waals surface area (Å²) in [5.74, 6) is 2.11. The van der Waals surface area contributed by atoms with E-state index in [1.807, 2.05) is 6.92 Å². The summed E-state index contributed by atoms with van der Waals surface area (Å²) in [5, 5.41) is 0. The average Bonchev–Trinajstić information content (AvgIpc) is 2.93. The van der Waals surface area contributed by atoms with Gasteiger partial charge in [-0.05, 0) is 44.9 Å². The molecule has 1 unspecified atom stereocenters. The predicted octanol–water partition coefficient (Wildman–Crippen LogP) is 2.40. The van der Waals surface area contributed by atoms with Crippen molar-refractivity contribution in [3.63, 3.8) is 0 Å². The Morgan fingerprint density at radius 3 is 2.74 bits per heavy atom. The third-order valence-corrected chi connectivity index (χ3v) is 6.04. The first-order valence-electron chi connectivity index (χ1n) is 9.00. The van der Waals surface area contributed by atoms with Crippen LogP contribution in [0.15, 0.2) is 12.4 Å². The van der Waals surface area contributed by atoms with Crippen molar-refractivity contribution in [2.24, 2.45) is 11.3 Å². The van der Waals surface area contributed by atoms with Crippen molar-refractivity contribution in [3.8, 4) is 0 Å². The summed E-state index contributed by atoms with van der Waals surface area (Å²) in [7, 11) is 0. The van der Waals surface area contributed by atoms with Crippen LogP contribution in [0.25, 0.3) is 0 Å². The Morgan fingerprint density at radius 1 is 1.17 bits per heavy atom. The number of carbonyl (C=O) groups excluding carboxylic acids is 1. The fraction of sp³-hybridized carbons (Fsp3) is 0.722. The molecule has 0 bridgehead atoms. The van der Waals surface area contributed by atoms with E-state index in [0.29, 0.717) is 5.91 Å². The van der Waals surface area contributed by atoms with Crippen molar-refractivity contribution >= 4 is 11.7 Å². The lowest BCUT2D eigenvalue weighted by molar-refractivity contribution is -0.146. The van der Waals surface area contributed by atoms with Crippen molar-refractivity contribution < 1.29 is 4.79 Å². The molecule has 5 nitrogen and oxygen atoms in total. The second kappa shape index (κ2) is 5.77. The second-order valence-corrected chi connectivity index (χ2v) is 7.57. The Morgan fingerprint density at radius 2 is 2.00 bits per heavy atom. The molecule has 1 spiro atoms. The number of aryl methyl sites for hydroxylation is 1. The van der Waals surface area contributed by atoms with Crippen LogP contribution in [-0.4, -0.2) is 47.0 Å². The number of carbonyl (C=O) groups is 1. The number of anilines is 1. The maximum Gasteiger partial charge on any atom is 0.230 e. The lowest BCUT2D eigenvalue weighted by atomic mass is 9.77. The Balaban J connectivity index is 1.49. The molecule has 3 heterocycles. The van der Waals surface area contributed by atoms with E-state index in [1.54, 1.807) is 12.4 Å². The van der Waals surface area contributed by atoms with Gasteiger partial charge in [0, 0.05) is 38.6 Å². The molecule has 5 heteroatoms. The zero-order valence-electron chi connectivity index (χ0n) is 14.0. The summed E-state index contributed by atoms with van der Waals surface area (Å²) in [6, 6.07) is 0. The normalized spacial score (nSPS) is 28.5. The Kier molecular flexibility index (Phi) is 3.74. The van der Waals surface area contributed by atoms with Gasteiger partial charge in [-0.1, -0.05) is 6.42 Å². The van der Waals surface area contributed by atoms with E-state index in [0.717, 1.165) is 62.9 Å². The summed E-state index contributed by atoms with van der Waals surface area (Å²) < 4.78 is 0. The van der Waals surface area contributed by atoms with Gasteiger partial charge in [0.05, 0.1) is 11.1 Å². The molecule has 0 N–H and O–H groups in total. The first-order chi connectivity index (χ1) is 11.2. The fourth-order valence-electron chi connectivity index (χ4n) is 4.46. The molecule has 1 aromatic rings. The Bertz CT molecular complexity index is 600. The average molecular weight is 314 g/mol. The van der Waals surface area contributed by atoms with Gasteiger partial charge in [-0.25, -0.2) is 4.98 Å². The van der Waals surface area contributed by atoms with Crippen LogP contribution in [0, 0.1) is 18.3 Å². The molecule has 1 saturated carbocycles. The van der Waals surface area contributed by atoms with Gasteiger partial charge in [0.2, 0.25) is 5.91 Å². The molecule has 1 atom stereocenters. The van der Waals surface area contributed by atoms with Crippen molar-refractivity contribution in [3.05, 3.63) is 18.1 Å². The number of hydrogen-bond donors (Lipinski definition) is 0. The van der Waals surface area contributed by atoms with Crippen molar-refractivity contribution in [2.75, 3.05) is 31.1 Å². The van der Waals surface area contributed by atoms with Crippen LogP contribution in [-0.2, 0) is 4.79 Å². The maximum absolute atomic E-state index is 13.2. The minimum atomic E-state index is -0.175. The minimum absolute atomic E-state index is 0.175. The van der Waals surface area contributed by atoms with Gasteiger partial charge in [0.1, 0.15) is 5.82 Å². The van der Waals surface area contributed by atoms with Gasteiger partial charge in [-0.3, -0.25) is 9.78 Å². The standard InChI is InChI=1S/C18H26N4O/c1-14-16(20-9-8-19-14)22-11-7-18(13-22)6-3-10-21(17(18)23)12-15-4-2-5-15/h8-9,15H,2-7,10-13H2,1H3. The summed E-state index contributed by atoms with van der Waals surface area (Å²) in [6.07, 6.45) is 10.6. The van der Waals surface area contributed by atoms with Gasteiger partial charge in [-0.2, -0.15) is 0 Å². The molecule has 3 aliphatic rings. The van der Waals surface area contributed by atoms with Crippen LogP contribution < -0.4 is 4.90 Å². The number of rotatable bonds is 3. The molecular formula is C18H26N4O. The van der Waals surface area contributed by atoms with Gasteiger partial charge in [-0.15, -0.1) is 0 Å². The number of hydrogen-bond acceptors (Lipinski definition) is 4. The topological polar surface area (TPSA) is 49.3 Å². The van der Waals surface area contributed by atoms with Crippen LogP contribution in [0.5, 0.6) is 0 Å². The lowest BCUT2D eigenvalue weighted by Gasteiger charge is -2.42. The van der Waals surface area contributed by atoms with Crippen LogP contribution in [0.4, 0.5) is 5.82 Å². The SMILES string of the molecule is Cc1nccnc1N1CCC2(CCCN(CC3CCC3)C2=O)C1. The molecule has 124 valence electrons. The molecule has 1 aliphatic carbocycles. The van der Waals surface area contributed by atoms with E-state index in [9.17, 15) is 4.79 Å². The smallest absolute Gasteiger partial charge is 0.230 e. The highest BCUT2D eigenvalue weighted by Crippen LogP contribution is 2.42. The second-order valence-electron chi connectivity index (χ2n) is 7.57. The predicted molar refractivity (Wildman–Crippen MR) is 89.2 cm³/mol. The van der Waals surface area contributed by atoms with Crippen LogP contribution in [0.2, 0.25) is 0 Å². The first-order valence-corrected chi connectivity index (χ1v) is 9.00. The van der Waals surface area contributed by atoms with Gasteiger partial charge < -0.3 is 9.80 Å². The van der Waals surface area contributed by atoms with Crippen molar-refractivity contribution in [1.29, 1.82) is 0 Å². The molecule has 3 fully saturated rings. The maximum atomic E-state index is 13.2. The molecular weight excluding hydrogens is 288 g/mol. The fourth-order valence-corrected chi connectivity index (χ4v) is 4.46. The Hall–Kier alpha value is -1.65. The zero-order chi connectivity index (χ0) is 15.9. The third-order valence-electron chi connectivity index (χ3n) is 6.04. The highest BCUT2D eigenvalue weighted by atomic mass is 16.2. The van der Waals surface area contributed by atoms with Gasteiger partial charge in [0.15, 0.2) is 0 Å². The van der Waals surface area contributed by atoms with Crippen molar-refractivity contribution in [2.45, 2.75) is 45.4 Å². The lowest BCUT2D eigenvalue weighted by Crippen LogP contribution is -2.51. The number of nitrogens with zero attached hydrogens (tertiary/aromatic N) is 4. The van der Waals surface area contributed by atoms with E-state index in [2.05, 4.69) is 19.8 Å². The highest BCUT2D eigenvalue weighted by molar-refractivity contribution is 5.85. The number of piperidine rings is 1. The van der Waals surface area contributed by atoms with Crippen molar-refractivity contribution in [1.82, 2.24) is 14.9 Å². The monoisotopic (exact) mass is 314 g/mol. The van der Waals surface area contributed by atoms with Crippen LogP contribution in [0.3, 0.4) is 0 Å². The number of aromatic nitrogens is 2. The molecule has 0 aromatic carbocycles. The molecule has 1 aromatic heterocycles. The summed E-state index contributed by atoms with van der Waals surface area (Å²) in [5.41, 5.74) is 0.783. The molecule has 23 heavy (non-hydrogen) atoms. The molecule has 0 radical (unpaired) electrons. The quantitative estimate of drug-likeness (QED) is 0.859. The largest absolute Gasteiger partial charge is 0.354 e. The number of amides is 1. The van der Waals surface area contributed by atoms with E-state index >= 15 is 0 Å².